The zero-order valence-corrected chi connectivity index (χ0v) is 14.0. The molecule has 0 aromatic carbocycles. The monoisotopic (exact) mass is 330 g/mol. The number of ether oxygens (including phenoxy) is 1. The highest BCUT2D eigenvalue weighted by Gasteiger charge is 2.55. The van der Waals surface area contributed by atoms with Crippen LogP contribution in [0.3, 0.4) is 0 Å². The van der Waals surface area contributed by atoms with E-state index in [1.54, 1.807) is 0 Å². The third-order valence-electron chi connectivity index (χ3n) is 4.69. The number of carbonyl (C=O) groups is 2. The standard InChI is InChI=1S/C17H30O6/c1-2-3-4-5-6-7-8-9-10-13(15(19)20)17(16(21)22)12-11-14(18)23-17/h13,15,19-20H,2-12H2,1H3,(H,21,22). The van der Waals surface area contributed by atoms with E-state index in [-0.39, 0.29) is 12.8 Å². The SMILES string of the molecule is CCCCCCCCCCC(C(O)O)C1(C(=O)O)CCC(=O)O1. The van der Waals surface area contributed by atoms with Crippen LogP contribution in [-0.4, -0.2) is 39.1 Å². The molecule has 0 aliphatic carbocycles. The molecule has 1 rings (SSSR count). The van der Waals surface area contributed by atoms with Gasteiger partial charge in [-0.3, -0.25) is 4.79 Å². The fourth-order valence-electron chi connectivity index (χ4n) is 3.28. The van der Waals surface area contributed by atoms with Gasteiger partial charge < -0.3 is 20.1 Å². The molecule has 0 spiro atoms. The molecule has 3 N–H and O–H groups in total. The summed E-state index contributed by atoms with van der Waals surface area (Å²) < 4.78 is 5.00. The van der Waals surface area contributed by atoms with Crippen molar-refractivity contribution >= 4 is 11.9 Å². The van der Waals surface area contributed by atoms with Crippen LogP contribution >= 0.6 is 0 Å². The number of aliphatic hydroxyl groups excluding tert-OH is 1. The number of unbranched alkanes of at least 4 members (excludes halogenated alkanes) is 7. The number of carboxylic acids is 1. The van der Waals surface area contributed by atoms with Crippen molar-refractivity contribution in [2.45, 2.75) is 89.4 Å². The Balaban J connectivity index is 2.43. The highest BCUT2D eigenvalue weighted by molar-refractivity contribution is 5.86. The van der Waals surface area contributed by atoms with E-state index in [0.717, 1.165) is 19.3 Å². The number of cyclic esters (lactones) is 1. The molecule has 1 heterocycles. The Morgan fingerprint density at radius 3 is 2.13 bits per heavy atom. The second kappa shape index (κ2) is 9.88. The number of esters is 1. The van der Waals surface area contributed by atoms with Gasteiger partial charge in [0.25, 0.3) is 0 Å². The number of hydrogen-bond acceptors (Lipinski definition) is 5. The molecule has 6 heteroatoms. The fraction of sp³-hybridized carbons (Fsp3) is 0.882. The molecule has 1 aliphatic heterocycles. The highest BCUT2D eigenvalue weighted by atomic mass is 16.6. The Bertz CT molecular complexity index is 381. The van der Waals surface area contributed by atoms with Crippen molar-refractivity contribution in [1.29, 1.82) is 0 Å². The number of aliphatic carboxylic acids is 1. The topological polar surface area (TPSA) is 104 Å². The number of carboxylic acid groups (broad SMARTS) is 1. The molecule has 0 radical (unpaired) electrons. The first kappa shape index (κ1) is 19.9. The molecule has 1 fully saturated rings. The predicted molar refractivity (Wildman–Crippen MR) is 84.6 cm³/mol. The fourth-order valence-corrected chi connectivity index (χ4v) is 3.28. The lowest BCUT2D eigenvalue weighted by atomic mass is 9.80. The molecule has 0 aromatic rings. The van der Waals surface area contributed by atoms with E-state index in [1.165, 1.54) is 25.7 Å². The van der Waals surface area contributed by atoms with Crippen LogP contribution in [0.15, 0.2) is 0 Å². The molecule has 1 aliphatic rings. The Labute approximate surface area is 137 Å². The maximum atomic E-state index is 11.6. The molecule has 0 saturated carbocycles. The quantitative estimate of drug-likeness (QED) is 0.289. The van der Waals surface area contributed by atoms with Crippen LogP contribution in [0.5, 0.6) is 0 Å². The van der Waals surface area contributed by atoms with Crippen LogP contribution in [0.1, 0.15) is 77.6 Å². The summed E-state index contributed by atoms with van der Waals surface area (Å²) in [6, 6.07) is 0. The van der Waals surface area contributed by atoms with Crippen LogP contribution in [0.2, 0.25) is 0 Å². The van der Waals surface area contributed by atoms with Gasteiger partial charge in [-0.2, -0.15) is 0 Å². The average molecular weight is 330 g/mol. The first-order valence-corrected chi connectivity index (χ1v) is 8.75. The maximum absolute atomic E-state index is 11.6. The van der Waals surface area contributed by atoms with E-state index in [2.05, 4.69) is 6.92 Å². The number of hydrogen-bond donors (Lipinski definition) is 3. The Kier molecular flexibility index (Phi) is 8.55. The molecular weight excluding hydrogens is 300 g/mol. The smallest absolute Gasteiger partial charge is 0.348 e. The number of rotatable bonds is 12. The van der Waals surface area contributed by atoms with Gasteiger partial charge in [0.1, 0.15) is 0 Å². The summed E-state index contributed by atoms with van der Waals surface area (Å²) in [5, 5.41) is 28.6. The molecule has 2 atom stereocenters. The summed E-state index contributed by atoms with van der Waals surface area (Å²) in [4.78, 5) is 22.9. The Morgan fingerprint density at radius 1 is 1.13 bits per heavy atom. The number of aliphatic hydroxyl groups is 2. The van der Waals surface area contributed by atoms with Crippen molar-refractivity contribution in [3.8, 4) is 0 Å². The summed E-state index contributed by atoms with van der Waals surface area (Å²) in [6.45, 7) is 2.18. The summed E-state index contributed by atoms with van der Waals surface area (Å²) in [5.41, 5.74) is -1.79. The largest absolute Gasteiger partial charge is 0.478 e. The molecular formula is C17H30O6. The van der Waals surface area contributed by atoms with Gasteiger partial charge in [0.2, 0.25) is 5.60 Å². The maximum Gasteiger partial charge on any atom is 0.348 e. The molecule has 6 nitrogen and oxygen atoms in total. The van der Waals surface area contributed by atoms with Crippen LogP contribution in [0, 0.1) is 5.92 Å². The van der Waals surface area contributed by atoms with Gasteiger partial charge in [-0.15, -0.1) is 0 Å². The molecule has 2 unspecified atom stereocenters. The lowest BCUT2D eigenvalue weighted by molar-refractivity contribution is -0.197. The van der Waals surface area contributed by atoms with E-state index < -0.39 is 29.7 Å². The van der Waals surface area contributed by atoms with Crippen molar-refractivity contribution in [3.05, 3.63) is 0 Å². The van der Waals surface area contributed by atoms with Gasteiger partial charge in [0.15, 0.2) is 6.29 Å². The van der Waals surface area contributed by atoms with Crippen molar-refractivity contribution in [3.63, 3.8) is 0 Å². The van der Waals surface area contributed by atoms with Crippen molar-refractivity contribution < 1.29 is 29.6 Å². The van der Waals surface area contributed by atoms with Crippen molar-refractivity contribution in [2.75, 3.05) is 0 Å². The van der Waals surface area contributed by atoms with E-state index in [9.17, 15) is 24.9 Å². The molecule has 0 amide bonds. The minimum absolute atomic E-state index is 0.000467. The van der Waals surface area contributed by atoms with Crippen LogP contribution in [0.25, 0.3) is 0 Å². The van der Waals surface area contributed by atoms with Gasteiger partial charge in [-0.25, -0.2) is 4.79 Å². The highest BCUT2D eigenvalue weighted by Crippen LogP contribution is 2.38. The third-order valence-corrected chi connectivity index (χ3v) is 4.69. The lowest BCUT2D eigenvalue weighted by Gasteiger charge is -2.33. The summed E-state index contributed by atoms with van der Waals surface area (Å²) in [5.74, 6) is -2.86. The van der Waals surface area contributed by atoms with Gasteiger partial charge in [-0.1, -0.05) is 58.3 Å². The number of carbonyl (C=O) groups excluding carboxylic acids is 1. The van der Waals surface area contributed by atoms with Gasteiger partial charge >= 0.3 is 11.9 Å². The predicted octanol–water partition coefficient (Wildman–Crippen LogP) is 2.60. The minimum Gasteiger partial charge on any atom is -0.478 e. The van der Waals surface area contributed by atoms with Crippen molar-refractivity contribution in [2.24, 2.45) is 5.92 Å². The van der Waals surface area contributed by atoms with E-state index >= 15 is 0 Å². The van der Waals surface area contributed by atoms with Crippen LogP contribution in [-0.2, 0) is 14.3 Å². The first-order chi connectivity index (χ1) is 10.9. The second-order valence-electron chi connectivity index (χ2n) is 6.45. The normalized spacial score (nSPS) is 22.3. The van der Waals surface area contributed by atoms with Gasteiger partial charge in [-0.05, 0) is 6.42 Å². The lowest BCUT2D eigenvalue weighted by Crippen LogP contribution is -2.50. The zero-order chi connectivity index (χ0) is 17.3. The van der Waals surface area contributed by atoms with Gasteiger partial charge in [0.05, 0.1) is 5.92 Å². The van der Waals surface area contributed by atoms with E-state index in [4.69, 9.17) is 4.74 Å². The van der Waals surface area contributed by atoms with E-state index in [1.807, 2.05) is 0 Å². The Hall–Kier alpha value is -1.14. The summed E-state index contributed by atoms with van der Waals surface area (Å²) >= 11 is 0. The molecule has 134 valence electrons. The zero-order valence-electron chi connectivity index (χ0n) is 14.0. The molecule has 0 aromatic heterocycles. The minimum atomic E-state index is -1.80. The second-order valence-corrected chi connectivity index (χ2v) is 6.45. The third kappa shape index (κ3) is 5.77. The van der Waals surface area contributed by atoms with Crippen molar-refractivity contribution in [1.82, 2.24) is 0 Å². The average Bonchev–Trinajstić information content (AvgIpc) is 2.88. The van der Waals surface area contributed by atoms with Crippen LogP contribution < -0.4 is 0 Å². The summed E-state index contributed by atoms with van der Waals surface area (Å²) in [6.07, 6.45) is 7.26. The van der Waals surface area contributed by atoms with Crippen LogP contribution in [0.4, 0.5) is 0 Å². The molecule has 23 heavy (non-hydrogen) atoms. The van der Waals surface area contributed by atoms with E-state index in [0.29, 0.717) is 12.8 Å². The molecule has 1 saturated heterocycles. The Morgan fingerprint density at radius 2 is 1.70 bits per heavy atom. The van der Waals surface area contributed by atoms with Gasteiger partial charge in [0, 0.05) is 12.8 Å². The first-order valence-electron chi connectivity index (χ1n) is 8.75. The molecule has 0 bridgehead atoms. The summed E-state index contributed by atoms with van der Waals surface area (Å²) in [7, 11) is 0.